The van der Waals surface area contributed by atoms with Crippen molar-refractivity contribution in [3.8, 4) is 0 Å². The summed E-state index contributed by atoms with van der Waals surface area (Å²) in [6.07, 6.45) is 0. The third kappa shape index (κ3) is 3.75. The van der Waals surface area contributed by atoms with Gasteiger partial charge in [-0.25, -0.2) is 12.8 Å². The van der Waals surface area contributed by atoms with Crippen LogP contribution in [-0.4, -0.2) is 30.8 Å². The summed E-state index contributed by atoms with van der Waals surface area (Å²) in [4.78, 5) is 11.8. The maximum absolute atomic E-state index is 13.6. The van der Waals surface area contributed by atoms with Crippen LogP contribution in [0.3, 0.4) is 0 Å². The first kappa shape index (κ1) is 18.1. The predicted molar refractivity (Wildman–Crippen MR) is 93.7 cm³/mol. The van der Waals surface area contributed by atoms with Crippen molar-refractivity contribution in [2.24, 2.45) is 0 Å². The fourth-order valence-electron chi connectivity index (χ4n) is 2.66. The Balaban J connectivity index is 2.06. The molecular formula is C18H17FN2O4S. The highest BCUT2D eigenvalue weighted by Crippen LogP contribution is 2.26. The molecule has 1 heterocycles. The van der Waals surface area contributed by atoms with E-state index in [-0.39, 0.29) is 34.8 Å². The second-order valence-electron chi connectivity index (χ2n) is 5.67. The van der Waals surface area contributed by atoms with E-state index in [0.29, 0.717) is 5.56 Å². The average Bonchev–Trinajstić information content (AvgIpc) is 2.94. The Kier molecular flexibility index (Phi) is 5.03. The third-order valence-electron chi connectivity index (χ3n) is 3.76. The Bertz CT molecular complexity index is 1050. The van der Waals surface area contributed by atoms with Crippen LogP contribution in [0.15, 0.2) is 53.6 Å². The lowest BCUT2D eigenvalue weighted by atomic mass is 10.2. The van der Waals surface area contributed by atoms with Gasteiger partial charge in [-0.2, -0.15) is 5.10 Å². The van der Waals surface area contributed by atoms with E-state index in [4.69, 9.17) is 4.74 Å². The van der Waals surface area contributed by atoms with Gasteiger partial charge < -0.3 is 4.74 Å². The molecular weight excluding hydrogens is 359 g/mol. The minimum absolute atomic E-state index is 0.180. The van der Waals surface area contributed by atoms with Gasteiger partial charge in [0.2, 0.25) is 9.84 Å². The van der Waals surface area contributed by atoms with Crippen molar-refractivity contribution in [2.45, 2.75) is 24.2 Å². The Hall–Kier alpha value is -2.74. The second-order valence-corrected chi connectivity index (χ2v) is 7.58. The molecule has 26 heavy (non-hydrogen) atoms. The van der Waals surface area contributed by atoms with Gasteiger partial charge in [0, 0.05) is 5.39 Å². The van der Waals surface area contributed by atoms with Gasteiger partial charge in [-0.15, -0.1) is 0 Å². The van der Waals surface area contributed by atoms with Gasteiger partial charge >= 0.3 is 5.97 Å². The molecule has 6 nitrogen and oxygen atoms in total. The van der Waals surface area contributed by atoms with E-state index in [2.05, 4.69) is 5.10 Å². The first-order valence-corrected chi connectivity index (χ1v) is 9.64. The van der Waals surface area contributed by atoms with Gasteiger partial charge in [0.25, 0.3) is 0 Å². The van der Waals surface area contributed by atoms with Crippen LogP contribution in [0.2, 0.25) is 0 Å². The highest BCUT2D eigenvalue weighted by molar-refractivity contribution is 7.90. The van der Waals surface area contributed by atoms with Gasteiger partial charge in [0.1, 0.15) is 12.4 Å². The molecule has 0 radical (unpaired) electrons. The Morgan fingerprint density at radius 1 is 1.19 bits per heavy atom. The van der Waals surface area contributed by atoms with Crippen molar-refractivity contribution in [1.82, 2.24) is 9.78 Å². The van der Waals surface area contributed by atoms with E-state index in [9.17, 15) is 17.6 Å². The maximum atomic E-state index is 13.6. The normalized spacial score (nSPS) is 11.6. The summed E-state index contributed by atoms with van der Waals surface area (Å²) in [5, 5.41) is 4.17. The number of ether oxygens (including phenoxy) is 1. The minimum Gasteiger partial charge on any atom is -0.465 e. The van der Waals surface area contributed by atoms with Gasteiger partial charge in [-0.05, 0) is 30.7 Å². The zero-order chi connectivity index (χ0) is 18.7. The van der Waals surface area contributed by atoms with Crippen LogP contribution < -0.4 is 0 Å². The van der Waals surface area contributed by atoms with Gasteiger partial charge in [-0.3, -0.25) is 9.48 Å². The number of esters is 1. The summed E-state index contributed by atoms with van der Waals surface area (Å²) in [5.41, 5.74) is 0.840. The summed E-state index contributed by atoms with van der Waals surface area (Å²) in [7, 11) is -3.79. The minimum atomic E-state index is -3.79. The molecule has 0 saturated carbocycles. The number of hydrogen-bond acceptors (Lipinski definition) is 5. The monoisotopic (exact) mass is 376 g/mol. The summed E-state index contributed by atoms with van der Waals surface area (Å²) in [5.74, 6) is -1.36. The number of rotatable bonds is 6. The van der Waals surface area contributed by atoms with Gasteiger partial charge in [0.05, 0.1) is 17.9 Å². The lowest BCUT2D eigenvalue weighted by Crippen LogP contribution is -2.15. The van der Waals surface area contributed by atoms with Gasteiger partial charge in [-0.1, -0.05) is 30.3 Å². The van der Waals surface area contributed by atoms with E-state index in [1.165, 1.54) is 12.1 Å². The first-order valence-electron chi connectivity index (χ1n) is 7.99. The van der Waals surface area contributed by atoms with E-state index in [1.807, 2.05) is 0 Å². The highest BCUT2D eigenvalue weighted by Gasteiger charge is 2.25. The molecule has 8 heteroatoms. The van der Waals surface area contributed by atoms with Crippen molar-refractivity contribution < 1.29 is 22.3 Å². The summed E-state index contributed by atoms with van der Waals surface area (Å²) in [6, 6.07) is 12.4. The zero-order valence-corrected chi connectivity index (χ0v) is 14.9. The second kappa shape index (κ2) is 7.25. The molecule has 3 rings (SSSR count). The molecule has 0 amide bonds. The third-order valence-corrected chi connectivity index (χ3v) is 5.36. The van der Waals surface area contributed by atoms with Crippen LogP contribution in [0, 0.1) is 5.82 Å². The molecule has 0 fully saturated rings. The molecule has 0 aliphatic carbocycles. The maximum Gasteiger partial charge on any atom is 0.327 e. The fourth-order valence-corrected chi connectivity index (χ4v) is 4.16. The Morgan fingerprint density at radius 2 is 1.92 bits per heavy atom. The number of aromatic nitrogens is 2. The summed E-state index contributed by atoms with van der Waals surface area (Å²) < 4.78 is 45.4. The van der Waals surface area contributed by atoms with Crippen LogP contribution in [0.25, 0.3) is 10.9 Å². The summed E-state index contributed by atoms with van der Waals surface area (Å²) in [6.45, 7) is 1.55. The Labute approximate surface area is 150 Å². The van der Waals surface area contributed by atoms with Crippen molar-refractivity contribution in [2.75, 3.05) is 6.61 Å². The molecule has 0 aliphatic heterocycles. The fraction of sp³-hybridized carbons (Fsp3) is 0.222. The van der Waals surface area contributed by atoms with E-state index in [1.54, 1.807) is 37.3 Å². The number of nitrogens with zero attached hydrogens (tertiary/aromatic N) is 2. The SMILES string of the molecule is CCOC(=O)Cn1nc(S(=O)(=O)Cc2ccccc2)c2ccc(F)cc21. The van der Waals surface area contributed by atoms with E-state index >= 15 is 0 Å². The van der Waals surface area contributed by atoms with Gasteiger partial charge in [0.15, 0.2) is 5.03 Å². The smallest absolute Gasteiger partial charge is 0.327 e. The number of carbonyl (C=O) groups is 1. The average molecular weight is 376 g/mol. The molecule has 0 unspecified atom stereocenters. The predicted octanol–water partition coefficient (Wildman–Crippen LogP) is 2.71. The number of halogens is 1. The molecule has 3 aromatic rings. The topological polar surface area (TPSA) is 78.3 Å². The van der Waals surface area contributed by atoms with E-state index < -0.39 is 21.6 Å². The van der Waals surface area contributed by atoms with Crippen LogP contribution in [-0.2, 0) is 31.7 Å². The zero-order valence-electron chi connectivity index (χ0n) is 14.1. The lowest BCUT2D eigenvalue weighted by molar-refractivity contribution is -0.143. The highest BCUT2D eigenvalue weighted by atomic mass is 32.2. The van der Waals surface area contributed by atoms with Crippen molar-refractivity contribution in [1.29, 1.82) is 0 Å². The van der Waals surface area contributed by atoms with Crippen LogP contribution >= 0.6 is 0 Å². The molecule has 0 saturated heterocycles. The number of hydrogen-bond donors (Lipinski definition) is 0. The molecule has 0 spiro atoms. The number of carbonyl (C=O) groups excluding carboxylic acids is 1. The first-order chi connectivity index (χ1) is 12.4. The molecule has 0 N–H and O–H groups in total. The standard InChI is InChI=1S/C18H17FN2O4S/c1-2-25-17(22)11-21-16-10-14(19)8-9-15(16)18(20-21)26(23,24)12-13-6-4-3-5-7-13/h3-10H,2,11-12H2,1H3. The van der Waals surface area contributed by atoms with Crippen molar-refractivity contribution in [3.05, 3.63) is 59.9 Å². The molecule has 0 aliphatic rings. The molecule has 0 bridgehead atoms. The molecule has 2 aromatic carbocycles. The number of sulfone groups is 1. The Morgan fingerprint density at radius 3 is 2.62 bits per heavy atom. The quantitative estimate of drug-likeness (QED) is 0.618. The van der Waals surface area contributed by atoms with E-state index in [0.717, 1.165) is 10.7 Å². The van der Waals surface area contributed by atoms with Crippen molar-refractivity contribution >= 4 is 26.7 Å². The van der Waals surface area contributed by atoms with Crippen LogP contribution in [0.1, 0.15) is 12.5 Å². The number of fused-ring (bicyclic) bond motifs is 1. The van der Waals surface area contributed by atoms with Crippen molar-refractivity contribution in [3.63, 3.8) is 0 Å². The largest absolute Gasteiger partial charge is 0.465 e. The molecule has 136 valence electrons. The van der Waals surface area contributed by atoms with Crippen LogP contribution in [0.4, 0.5) is 4.39 Å². The number of benzene rings is 2. The van der Waals surface area contributed by atoms with Crippen LogP contribution in [0.5, 0.6) is 0 Å². The summed E-state index contributed by atoms with van der Waals surface area (Å²) >= 11 is 0. The molecule has 1 aromatic heterocycles. The lowest BCUT2D eigenvalue weighted by Gasteiger charge is -2.03. The molecule has 0 atom stereocenters.